The van der Waals surface area contributed by atoms with Crippen molar-refractivity contribution in [2.75, 3.05) is 0 Å². The fourth-order valence-electron chi connectivity index (χ4n) is 1.08. The molecule has 0 unspecified atom stereocenters. The molecule has 1 heterocycles. The van der Waals surface area contributed by atoms with E-state index in [9.17, 15) is 0 Å². The van der Waals surface area contributed by atoms with Gasteiger partial charge in [0.05, 0.1) is 6.20 Å². The molecule has 2 N–H and O–H groups in total. The van der Waals surface area contributed by atoms with Gasteiger partial charge >= 0.3 is 0 Å². The van der Waals surface area contributed by atoms with Gasteiger partial charge in [-0.2, -0.15) is 0 Å². The van der Waals surface area contributed by atoms with Crippen molar-refractivity contribution in [3.63, 3.8) is 0 Å². The summed E-state index contributed by atoms with van der Waals surface area (Å²) >= 11 is 0. The Kier molecular flexibility index (Phi) is 1.21. The Morgan fingerprint density at radius 3 is 3.18 bits per heavy atom. The van der Waals surface area contributed by atoms with Crippen molar-refractivity contribution in [3.8, 4) is 0 Å². The van der Waals surface area contributed by atoms with Crippen molar-refractivity contribution in [3.05, 3.63) is 41.7 Å². The molecule has 2 heteroatoms. The van der Waals surface area contributed by atoms with E-state index in [1.807, 2.05) is 12.1 Å². The normalized spacial score (nSPS) is 13.3. The van der Waals surface area contributed by atoms with Crippen LogP contribution in [0.3, 0.4) is 0 Å². The summed E-state index contributed by atoms with van der Waals surface area (Å²) in [4.78, 5) is 3.98. The first kappa shape index (κ1) is 6.08. The van der Waals surface area contributed by atoms with Crippen LogP contribution in [0, 0.1) is 6.08 Å². The van der Waals surface area contributed by atoms with Gasteiger partial charge in [-0.05, 0) is 6.07 Å². The van der Waals surface area contributed by atoms with E-state index in [0.717, 1.165) is 16.8 Å². The second-order valence-corrected chi connectivity index (χ2v) is 2.37. The van der Waals surface area contributed by atoms with E-state index in [0.29, 0.717) is 0 Å². The quantitative estimate of drug-likeness (QED) is 0.554. The molecule has 1 aliphatic carbocycles. The highest BCUT2D eigenvalue weighted by Gasteiger charge is 2.14. The van der Waals surface area contributed by atoms with E-state index in [1.165, 1.54) is 0 Å². The molecule has 1 aliphatic rings. The Labute approximate surface area is 65.1 Å². The Morgan fingerprint density at radius 1 is 1.45 bits per heavy atom. The predicted molar refractivity (Wildman–Crippen MR) is 44.1 cm³/mol. The van der Waals surface area contributed by atoms with Crippen molar-refractivity contribution in [2.45, 2.75) is 0 Å². The topological polar surface area (TPSA) is 38.9 Å². The molecule has 2 rings (SSSR count). The first-order valence-electron chi connectivity index (χ1n) is 3.37. The molecule has 0 saturated carbocycles. The van der Waals surface area contributed by atoms with Crippen LogP contribution >= 0.6 is 0 Å². The van der Waals surface area contributed by atoms with Gasteiger partial charge in [0.1, 0.15) is 23.3 Å². The summed E-state index contributed by atoms with van der Waals surface area (Å²) in [5.74, 6) is 0. The fraction of sp³-hybridized carbons (Fsp3) is 0. The summed E-state index contributed by atoms with van der Waals surface area (Å²) in [5.41, 5.74) is 8.53. The van der Waals surface area contributed by atoms with Crippen molar-refractivity contribution >= 4 is 11.8 Å². The maximum absolute atomic E-state index is 5.70. The lowest BCUT2D eigenvalue weighted by Gasteiger charge is -1.97. The molecule has 0 spiro atoms. The number of nitrogens with zero attached hydrogens (tertiary/aromatic N) is 1. The summed E-state index contributed by atoms with van der Waals surface area (Å²) < 4.78 is 0. The Bertz CT molecular complexity index is 337. The number of rotatable bonds is 0. The van der Waals surface area contributed by atoms with E-state index in [1.54, 1.807) is 18.5 Å². The van der Waals surface area contributed by atoms with E-state index < -0.39 is 0 Å². The minimum absolute atomic E-state index is 0.755. The molecule has 11 heavy (non-hydrogen) atoms. The molecular formula is C9H7N2+. The van der Waals surface area contributed by atoms with Gasteiger partial charge in [-0.3, -0.25) is 0 Å². The molecule has 0 amide bonds. The highest BCUT2D eigenvalue weighted by molar-refractivity contribution is 5.76. The largest absolute Gasteiger partial charge is 0.346 e. The summed E-state index contributed by atoms with van der Waals surface area (Å²) in [6.45, 7) is 0. The average Bonchev–Trinajstić information content (AvgIpc) is 2.06. The third-order valence-corrected chi connectivity index (χ3v) is 1.64. The summed E-state index contributed by atoms with van der Waals surface area (Å²) in [6.07, 6.45) is 10.1. The number of pyridine rings is 1. The zero-order valence-electron chi connectivity index (χ0n) is 5.91. The van der Waals surface area contributed by atoms with Gasteiger partial charge in [-0.15, -0.1) is 0 Å². The summed E-state index contributed by atoms with van der Waals surface area (Å²) in [5, 5.41) is 0. The fourth-order valence-corrected chi connectivity index (χ4v) is 1.08. The maximum atomic E-state index is 5.70. The molecule has 0 atom stereocenters. The molecule has 52 valence electrons. The van der Waals surface area contributed by atoms with Crippen LogP contribution < -0.4 is 5.73 Å². The average molecular weight is 143 g/mol. The van der Waals surface area contributed by atoms with Crippen LogP contribution in [0.25, 0.3) is 11.8 Å². The Hall–Kier alpha value is -1.66. The summed E-state index contributed by atoms with van der Waals surface area (Å²) in [6, 6.07) is 1.90. The molecule has 0 aliphatic heterocycles. The second-order valence-electron chi connectivity index (χ2n) is 2.37. The van der Waals surface area contributed by atoms with Crippen LogP contribution in [0.15, 0.2) is 24.5 Å². The standard InChI is InChI=1S/C9H7N2/c10-9-3-1-2-7-6-11-5-4-8(7)9/h2-6H,10H2/q+1. The smallest absolute Gasteiger partial charge is 0.152 e. The molecule has 0 bridgehead atoms. The third-order valence-electron chi connectivity index (χ3n) is 1.64. The van der Waals surface area contributed by atoms with Crippen molar-refractivity contribution < 1.29 is 0 Å². The van der Waals surface area contributed by atoms with Gasteiger partial charge in [0, 0.05) is 12.3 Å². The SMILES string of the molecule is NC1=C[C+]=Cc2cnccc21. The minimum Gasteiger partial charge on any atom is -0.346 e. The van der Waals surface area contributed by atoms with Crippen molar-refractivity contribution in [2.24, 2.45) is 5.73 Å². The highest BCUT2D eigenvalue weighted by Crippen LogP contribution is 2.18. The first-order valence-corrected chi connectivity index (χ1v) is 3.37. The second kappa shape index (κ2) is 2.19. The van der Waals surface area contributed by atoms with E-state index >= 15 is 0 Å². The number of nitrogens with two attached hydrogens (primary N) is 1. The van der Waals surface area contributed by atoms with Crippen molar-refractivity contribution in [1.29, 1.82) is 0 Å². The minimum atomic E-state index is 0.755. The van der Waals surface area contributed by atoms with E-state index in [2.05, 4.69) is 11.1 Å². The van der Waals surface area contributed by atoms with Crippen LogP contribution in [-0.2, 0) is 0 Å². The van der Waals surface area contributed by atoms with Gasteiger partial charge in [-0.1, -0.05) is 0 Å². The number of fused-ring (bicyclic) bond motifs is 1. The van der Waals surface area contributed by atoms with Gasteiger partial charge in [-0.25, -0.2) is 4.98 Å². The molecule has 0 saturated heterocycles. The van der Waals surface area contributed by atoms with E-state index in [-0.39, 0.29) is 0 Å². The van der Waals surface area contributed by atoms with Gasteiger partial charge in [0.25, 0.3) is 0 Å². The Balaban J connectivity index is 2.67. The molecule has 2 nitrogen and oxygen atoms in total. The predicted octanol–water partition coefficient (Wildman–Crippen LogP) is 1.21. The van der Waals surface area contributed by atoms with Gasteiger partial charge in [0.2, 0.25) is 0 Å². The van der Waals surface area contributed by atoms with Crippen LogP contribution in [0.4, 0.5) is 0 Å². The lowest BCUT2D eigenvalue weighted by molar-refractivity contribution is 1.29. The molecule has 0 aromatic carbocycles. The molecular weight excluding hydrogens is 136 g/mol. The lowest BCUT2D eigenvalue weighted by atomic mass is 10.0. The maximum Gasteiger partial charge on any atom is 0.152 e. The van der Waals surface area contributed by atoms with Crippen LogP contribution in [0.5, 0.6) is 0 Å². The van der Waals surface area contributed by atoms with Crippen molar-refractivity contribution in [1.82, 2.24) is 4.98 Å². The van der Waals surface area contributed by atoms with Crippen LogP contribution in [-0.4, -0.2) is 4.98 Å². The zero-order valence-corrected chi connectivity index (χ0v) is 5.91. The molecule has 1 aromatic heterocycles. The van der Waals surface area contributed by atoms with Gasteiger partial charge in [0.15, 0.2) is 5.70 Å². The van der Waals surface area contributed by atoms with Gasteiger partial charge < -0.3 is 5.73 Å². The molecule has 0 radical (unpaired) electrons. The Morgan fingerprint density at radius 2 is 2.36 bits per heavy atom. The monoisotopic (exact) mass is 143 g/mol. The molecule has 0 fully saturated rings. The number of hydrogen-bond acceptors (Lipinski definition) is 2. The van der Waals surface area contributed by atoms with Crippen LogP contribution in [0.1, 0.15) is 11.1 Å². The first-order chi connectivity index (χ1) is 5.38. The highest BCUT2D eigenvalue weighted by atomic mass is 14.6. The number of aromatic nitrogens is 1. The zero-order chi connectivity index (χ0) is 7.68. The summed E-state index contributed by atoms with van der Waals surface area (Å²) in [7, 11) is 0. The van der Waals surface area contributed by atoms with E-state index in [4.69, 9.17) is 5.73 Å². The third kappa shape index (κ3) is 0.896. The molecule has 1 aromatic rings. The van der Waals surface area contributed by atoms with Crippen LogP contribution in [0.2, 0.25) is 0 Å². The lowest BCUT2D eigenvalue weighted by Crippen LogP contribution is -2.00. The number of allylic oxidation sites excluding steroid dienone is 2. The number of hydrogen-bond donors (Lipinski definition) is 1.